The first-order valence-electron chi connectivity index (χ1n) is 20.8. The molecule has 2 aromatic rings. The van der Waals surface area contributed by atoms with Crippen molar-refractivity contribution in [1.82, 2.24) is 34.8 Å². The molecule has 0 aliphatic carbocycles. The molecule has 350 valence electrons. The van der Waals surface area contributed by atoms with Gasteiger partial charge in [0.15, 0.2) is 17.7 Å². The molecule has 1 amide bonds. The maximum absolute atomic E-state index is 16.9. The quantitative estimate of drug-likeness (QED) is 0.218. The Kier molecular flexibility index (Phi) is 17.2. The van der Waals surface area contributed by atoms with Crippen LogP contribution in [0, 0.1) is 29.6 Å². The first-order chi connectivity index (χ1) is 29.5. The van der Waals surface area contributed by atoms with Crippen molar-refractivity contribution in [3.8, 4) is 23.2 Å². The molecule has 3 N–H and O–H groups in total. The number of nitrogens with zero attached hydrogens (tertiary/aromatic N) is 7. The molecule has 3 saturated heterocycles. The number of Topliss-reactive ketones (excluding diaryl/α,β-unsaturated/α-hetero) is 2. The Morgan fingerprint density at radius 2 is 1.71 bits per heavy atom. The van der Waals surface area contributed by atoms with Gasteiger partial charge in [0.1, 0.15) is 42.4 Å². The third-order valence-corrected chi connectivity index (χ3v) is 12.3. The number of aliphatic hydroxyl groups is 1. The second kappa shape index (κ2) is 21.1. The van der Waals surface area contributed by atoms with E-state index in [0.29, 0.717) is 17.8 Å². The number of ether oxygens (including phenoxy) is 5. The van der Waals surface area contributed by atoms with Gasteiger partial charge in [-0.25, -0.2) is 28.6 Å². The zero-order chi connectivity index (χ0) is 47.2. The summed E-state index contributed by atoms with van der Waals surface area (Å²) < 4.78 is 58.9. The highest BCUT2D eigenvalue weighted by Gasteiger charge is 2.61. The summed E-state index contributed by atoms with van der Waals surface area (Å²) in [6, 6.07) is 0.113. The van der Waals surface area contributed by atoms with Crippen molar-refractivity contribution in [1.29, 1.82) is 0 Å². The lowest BCUT2D eigenvalue weighted by Crippen LogP contribution is -2.61. The average Bonchev–Trinajstić information content (AvgIpc) is 3.81. The van der Waals surface area contributed by atoms with Gasteiger partial charge >= 0.3 is 12.1 Å². The number of carbonyl (C=O) groups excluding carboxylic acids is 4. The number of anilines is 1. The number of amides is 1. The molecule has 5 heterocycles. The number of halogens is 2. The smallest absolute Gasteiger partial charge is 0.411 e. The minimum absolute atomic E-state index is 0.0318. The third kappa shape index (κ3) is 11.1. The van der Waals surface area contributed by atoms with Gasteiger partial charge in [-0.3, -0.25) is 14.5 Å². The van der Waals surface area contributed by atoms with Gasteiger partial charge in [0.25, 0.3) is 5.67 Å². The van der Waals surface area contributed by atoms with Crippen LogP contribution < -0.4 is 5.73 Å². The standard InChI is InChI=1S/C41H59FN8O10.CH3FS/c1-12-29-41(8)33(50(38(55)60-41)16-14-13-15-49-20-27(46-47-49)26-18-30(43)45-21-44-26)24(4)31(51)22(2)19-39(6,56-11)35(25(5)34(53)40(7,42)37(54)58-29)59-36-32(52)28(48(9)10)17-23(3)57-36;1-3-2/h18,20-25,28-29,32-33,35-36,52H,12,15-17,19H2,1-11H3,(H2,43,44,45);1H3/t22-,23?,24+,25+,28?,29-,32?,33-,35-,36+,39-,40+,41-;/m1./s1. The molecule has 0 aromatic carbocycles. The van der Waals surface area contributed by atoms with Crippen molar-refractivity contribution >= 4 is 41.6 Å². The van der Waals surface area contributed by atoms with E-state index in [2.05, 4.69) is 32.1 Å². The summed E-state index contributed by atoms with van der Waals surface area (Å²) in [7, 11) is 5.00. The number of hydrogen-bond acceptors (Lipinski definition) is 17. The highest BCUT2D eigenvalue weighted by atomic mass is 32.2. The summed E-state index contributed by atoms with van der Waals surface area (Å²) >= 11 is 0.250. The van der Waals surface area contributed by atoms with Crippen molar-refractivity contribution in [2.24, 2.45) is 17.8 Å². The zero-order valence-corrected chi connectivity index (χ0v) is 38.9. The summed E-state index contributed by atoms with van der Waals surface area (Å²) in [6.07, 6.45) is -1.49. The number of aromatic nitrogens is 5. The number of fused-ring (bicyclic) bond motifs is 1. The molecule has 3 fully saturated rings. The predicted molar refractivity (Wildman–Crippen MR) is 228 cm³/mol. The van der Waals surface area contributed by atoms with Gasteiger partial charge in [0, 0.05) is 55.4 Å². The van der Waals surface area contributed by atoms with E-state index in [1.165, 1.54) is 43.1 Å². The number of nitrogen functional groups attached to an aromatic ring is 1. The Balaban J connectivity index is 0.00000282. The predicted octanol–water partition coefficient (Wildman–Crippen LogP) is 3.85. The van der Waals surface area contributed by atoms with Gasteiger partial charge in [-0.05, 0) is 61.1 Å². The Morgan fingerprint density at radius 1 is 1.06 bits per heavy atom. The lowest BCUT2D eigenvalue weighted by molar-refractivity contribution is -0.295. The maximum atomic E-state index is 16.9. The number of aliphatic hydroxyl groups excluding tert-OH is 1. The fraction of sp³-hybridized carbons (Fsp3) is 0.714. The molecule has 63 heavy (non-hydrogen) atoms. The number of alkyl halides is 1. The lowest BCUT2D eigenvalue weighted by atomic mass is 9.73. The number of esters is 1. The highest BCUT2D eigenvalue weighted by Crippen LogP contribution is 2.43. The molecule has 3 unspecified atom stereocenters. The summed E-state index contributed by atoms with van der Waals surface area (Å²) in [4.78, 5) is 67.7. The molecule has 0 radical (unpaired) electrons. The first-order valence-corrected chi connectivity index (χ1v) is 21.9. The molecular formula is C42H62F2N8O10S. The molecule has 13 atom stereocenters. The lowest BCUT2D eigenvalue weighted by Gasteiger charge is -2.47. The van der Waals surface area contributed by atoms with Crippen LogP contribution in [-0.2, 0) is 44.6 Å². The largest absolute Gasteiger partial charge is 0.455 e. The molecule has 5 rings (SSSR count). The zero-order valence-electron chi connectivity index (χ0n) is 38.0. The van der Waals surface area contributed by atoms with E-state index in [0.717, 1.165) is 6.92 Å². The number of carbonyl (C=O) groups is 4. The van der Waals surface area contributed by atoms with Crippen LogP contribution in [-0.4, -0.2) is 157 Å². The summed E-state index contributed by atoms with van der Waals surface area (Å²) in [5, 5.41) is 19.6. The molecule has 3 aliphatic heterocycles. The van der Waals surface area contributed by atoms with Crippen molar-refractivity contribution in [2.45, 2.75) is 141 Å². The van der Waals surface area contributed by atoms with Crippen LogP contribution in [0.4, 0.5) is 18.9 Å². The van der Waals surface area contributed by atoms with Gasteiger partial charge < -0.3 is 39.4 Å². The van der Waals surface area contributed by atoms with Crippen molar-refractivity contribution in [3.05, 3.63) is 18.6 Å². The van der Waals surface area contributed by atoms with Crippen LogP contribution in [0.25, 0.3) is 11.4 Å². The van der Waals surface area contributed by atoms with Gasteiger partial charge in [0.2, 0.25) is 0 Å². The molecular weight excluding hydrogens is 847 g/mol. The van der Waals surface area contributed by atoms with Crippen LogP contribution in [0.3, 0.4) is 0 Å². The van der Waals surface area contributed by atoms with E-state index in [1.54, 1.807) is 40.0 Å². The monoisotopic (exact) mass is 908 g/mol. The average molecular weight is 909 g/mol. The Hall–Kier alpha value is -4.33. The molecule has 3 aliphatic rings. The second-order valence-electron chi connectivity index (χ2n) is 17.2. The Morgan fingerprint density at radius 3 is 2.32 bits per heavy atom. The number of methoxy groups -OCH3 is 1. The van der Waals surface area contributed by atoms with E-state index in [-0.39, 0.29) is 61.8 Å². The number of rotatable bonds is 8. The SMILES string of the molecule is CC[C@H]1OC(=O)[C@@](C)(F)C(=O)[C@H](C)[C@@H](O[C@@H]2OC(C)CC(N(C)C)C2O)[C@](C)(OC)C[C@@H](C)C(=O)[C@H](C)[C@H]2N(CC#CCn3cc(-c4cc(N)ncn4)nn3)C(=O)O[C@]12C.CSF. The molecule has 0 bridgehead atoms. The van der Waals surface area contributed by atoms with Crippen molar-refractivity contribution < 1.29 is 56.2 Å². The van der Waals surface area contributed by atoms with Crippen molar-refractivity contribution in [2.75, 3.05) is 39.7 Å². The van der Waals surface area contributed by atoms with Crippen LogP contribution >= 0.6 is 12.1 Å². The fourth-order valence-electron chi connectivity index (χ4n) is 8.93. The number of hydrogen-bond donors (Lipinski definition) is 2. The molecule has 0 spiro atoms. The van der Waals surface area contributed by atoms with E-state index in [1.807, 2.05) is 25.9 Å². The number of nitrogens with two attached hydrogens (primary N) is 1. The number of ketones is 2. The second-order valence-corrected chi connectivity index (χ2v) is 17.5. The van der Waals surface area contributed by atoms with Gasteiger partial charge in [-0.2, -0.15) is 3.89 Å². The summed E-state index contributed by atoms with van der Waals surface area (Å²) in [5.41, 5.74) is 0.295. The minimum atomic E-state index is -3.22. The molecule has 21 heteroatoms. The van der Waals surface area contributed by atoms with Gasteiger partial charge in [-0.15, -0.1) is 5.10 Å². The van der Waals surface area contributed by atoms with E-state index in [4.69, 9.17) is 29.4 Å². The van der Waals surface area contributed by atoms with E-state index < -0.39 is 83.1 Å². The molecule has 18 nitrogen and oxygen atoms in total. The van der Waals surface area contributed by atoms with E-state index in [9.17, 15) is 28.2 Å². The molecule has 2 aromatic heterocycles. The van der Waals surface area contributed by atoms with Gasteiger partial charge in [-0.1, -0.05) is 44.7 Å². The first kappa shape index (κ1) is 51.3. The normalized spacial score (nSPS) is 35.4. The Labute approximate surface area is 371 Å². The number of cyclic esters (lactones) is 1. The van der Waals surface area contributed by atoms with Crippen LogP contribution in [0.2, 0.25) is 0 Å². The van der Waals surface area contributed by atoms with E-state index >= 15 is 4.39 Å². The maximum Gasteiger partial charge on any atom is 0.411 e. The highest BCUT2D eigenvalue weighted by molar-refractivity contribution is 7.93. The van der Waals surface area contributed by atoms with Crippen LogP contribution in [0.1, 0.15) is 74.7 Å². The minimum Gasteiger partial charge on any atom is -0.455 e. The van der Waals surface area contributed by atoms with Crippen LogP contribution in [0.15, 0.2) is 18.6 Å². The van der Waals surface area contributed by atoms with Gasteiger partial charge in [0.05, 0.1) is 42.3 Å². The van der Waals surface area contributed by atoms with Crippen molar-refractivity contribution in [3.63, 3.8) is 0 Å². The topological polar surface area (TPSA) is 224 Å². The summed E-state index contributed by atoms with van der Waals surface area (Å²) in [6.45, 7) is 12.1. The van der Waals surface area contributed by atoms with Crippen LogP contribution in [0.5, 0.6) is 0 Å². The third-order valence-electron chi connectivity index (χ3n) is 12.3. The number of likely N-dealkylation sites (N-methyl/N-ethyl adjacent to an activating group) is 1. The fourth-order valence-corrected chi connectivity index (χ4v) is 8.93. The molecule has 0 saturated carbocycles. The Bertz CT molecular complexity index is 2000. The summed E-state index contributed by atoms with van der Waals surface area (Å²) in [5.74, 6) is 0.0735.